The summed E-state index contributed by atoms with van der Waals surface area (Å²) in [6.07, 6.45) is 0. The lowest BCUT2D eigenvalue weighted by Crippen LogP contribution is -2.30. The predicted octanol–water partition coefficient (Wildman–Crippen LogP) is 2.30. The van der Waals surface area contributed by atoms with Crippen molar-refractivity contribution >= 4 is 17.3 Å². The quantitative estimate of drug-likeness (QED) is 0.654. The van der Waals surface area contributed by atoms with Crippen molar-refractivity contribution in [2.75, 3.05) is 0 Å². The standard InChI is InChI=1S/C12H12N2O4S/c1-6-9(12(15)16)10(8-3-4-19-5-8)11(14(17)18)7(2)13-6/h3-5,10,13H,1-2H3,(H,15,16). The first kappa shape index (κ1) is 13.3. The van der Waals surface area contributed by atoms with Crippen LogP contribution in [0.15, 0.2) is 39.5 Å². The van der Waals surface area contributed by atoms with Gasteiger partial charge in [0.25, 0.3) is 5.70 Å². The number of nitro groups is 1. The maximum absolute atomic E-state index is 11.4. The molecule has 0 bridgehead atoms. The van der Waals surface area contributed by atoms with Crippen LogP contribution in [0.2, 0.25) is 0 Å². The van der Waals surface area contributed by atoms with E-state index >= 15 is 0 Å². The van der Waals surface area contributed by atoms with E-state index in [1.165, 1.54) is 11.3 Å². The van der Waals surface area contributed by atoms with Crippen molar-refractivity contribution in [2.24, 2.45) is 0 Å². The van der Waals surface area contributed by atoms with Crippen LogP contribution in [0.4, 0.5) is 0 Å². The lowest BCUT2D eigenvalue weighted by Gasteiger charge is -2.24. The third kappa shape index (κ3) is 2.24. The van der Waals surface area contributed by atoms with Gasteiger partial charge >= 0.3 is 5.97 Å². The number of carbonyl (C=O) groups is 1. The topological polar surface area (TPSA) is 92.5 Å². The van der Waals surface area contributed by atoms with Gasteiger partial charge in [0.05, 0.1) is 16.2 Å². The van der Waals surface area contributed by atoms with Crippen LogP contribution in [-0.4, -0.2) is 16.0 Å². The van der Waals surface area contributed by atoms with Crippen molar-refractivity contribution in [1.29, 1.82) is 0 Å². The molecule has 0 fully saturated rings. The summed E-state index contributed by atoms with van der Waals surface area (Å²) in [6.45, 7) is 3.20. The van der Waals surface area contributed by atoms with Gasteiger partial charge in [-0.05, 0) is 36.2 Å². The van der Waals surface area contributed by atoms with Crippen molar-refractivity contribution in [1.82, 2.24) is 5.32 Å². The van der Waals surface area contributed by atoms with E-state index in [-0.39, 0.29) is 11.3 Å². The molecule has 0 radical (unpaired) electrons. The van der Waals surface area contributed by atoms with E-state index in [9.17, 15) is 20.0 Å². The second kappa shape index (κ2) is 4.85. The van der Waals surface area contributed by atoms with Crippen LogP contribution in [-0.2, 0) is 4.79 Å². The molecule has 0 aliphatic carbocycles. The SMILES string of the molecule is CC1=C(C(=O)O)C(c2ccsc2)C([N+](=O)[O-])=C(C)N1. The van der Waals surface area contributed by atoms with Gasteiger partial charge in [-0.15, -0.1) is 0 Å². The fraction of sp³-hybridized carbons (Fsp3) is 0.250. The average Bonchev–Trinajstić information content (AvgIpc) is 2.79. The Morgan fingerprint density at radius 3 is 2.63 bits per heavy atom. The molecule has 0 amide bonds. The molecular formula is C12H12N2O4S. The van der Waals surface area contributed by atoms with Crippen molar-refractivity contribution in [3.63, 3.8) is 0 Å². The fourth-order valence-electron chi connectivity index (χ4n) is 2.27. The highest BCUT2D eigenvalue weighted by molar-refractivity contribution is 7.08. The summed E-state index contributed by atoms with van der Waals surface area (Å²) >= 11 is 1.38. The predicted molar refractivity (Wildman–Crippen MR) is 70.2 cm³/mol. The number of allylic oxidation sites excluding steroid dienone is 3. The Hall–Kier alpha value is -2.15. The lowest BCUT2D eigenvalue weighted by molar-refractivity contribution is -0.431. The van der Waals surface area contributed by atoms with Gasteiger partial charge in [-0.25, -0.2) is 4.79 Å². The monoisotopic (exact) mass is 280 g/mol. The molecule has 0 aromatic carbocycles. The maximum atomic E-state index is 11.4. The van der Waals surface area contributed by atoms with E-state index in [2.05, 4.69) is 5.32 Å². The van der Waals surface area contributed by atoms with Crippen LogP contribution in [0.5, 0.6) is 0 Å². The Labute approximate surface area is 113 Å². The van der Waals surface area contributed by atoms with Crippen LogP contribution < -0.4 is 5.32 Å². The van der Waals surface area contributed by atoms with Crippen molar-refractivity contribution < 1.29 is 14.8 Å². The number of nitrogens with zero attached hydrogens (tertiary/aromatic N) is 1. The summed E-state index contributed by atoms with van der Waals surface area (Å²) in [5.41, 5.74) is 1.36. The summed E-state index contributed by atoms with van der Waals surface area (Å²) in [5.74, 6) is -1.98. The van der Waals surface area contributed by atoms with E-state index in [0.717, 1.165) is 0 Å². The van der Waals surface area contributed by atoms with Gasteiger partial charge in [0.1, 0.15) is 5.92 Å². The molecule has 0 spiro atoms. The molecule has 2 rings (SSSR count). The molecular weight excluding hydrogens is 268 g/mol. The molecule has 2 heterocycles. The summed E-state index contributed by atoms with van der Waals surface area (Å²) < 4.78 is 0. The molecule has 1 aromatic heterocycles. The van der Waals surface area contributed by atoms with Gasteiger partial charge < -0.3 is 10.4 Å². The van der Waals surface area contributed by atoms with Gasteiger partial charge in [-0.3, -0.25) is 10.1 Å². The van der Waals surface area contributed by atoms with Gasteiger partial charge in [-0.1, -0.05) is 0 Å². The van der Waals surface area contributed by atoms with Gasteiger partial charge in [0.2, 0.25) is 0 Å². The Kier molecular flexibility index (Phi) is 3.39. The molecule has 1 unspecified atom stereocenters. The van der Waals surface area contributed by atoms with E-state index in [1.54, 1.807) is 30.7 Å². The number of hydrogen-bond acceptors (Lipinski definition) is 5. The highest BCUT2D eigenvalue weighted by Crippen LogP contribution is 2.38. The number of nitrogens with one attached hydrogen (secondary N) is 1. The van der Waals surface area contributed by atoms with Crippen LogP contribution in [0, 0.1) is 10.1 Å². The minimum Gasteiger partial charge on any atom is -0.478 e. The second-order valence-electron chi connectivity index (χ2n) is 4.23. The van der Waals surface area contributed by atoms with E-state index in [0.29, 0.717) is 17.0 Å². The smallest absolute Gasteiger partial charge is 0.334 e. The first-order valence-corrected chi connectivity index (χ1v) is 6.46. The molecule has 6 nitrogen and oxygen atoms in total. The second-order valence-corrected chi connectivity index (χ2v) is 5.01. The maximum Gasteiger partial charge on any atom is 0.334 e. The zero-order valence-electron chi connectivity index (χ0n) is 10.3. The molecule has 7 heteroatoms. The van der Waals surface area contributed by atoms with Crippen LogP contribution >= 0.6 is 11.3 Å². The highest BCUT2D eigenvalue weighted by Gasteiger charge is 2.40. The summed E-state index contributed by atoms with van der Waals surface area (Å²) in [5, 5.41) is 26.9. The summed E-state index contributed by atoms with van der Waals surface area (Å²) in [7, 11) is 0. The van der Waals surface area contributed by atoms with Crippen molar-refractivity contribution in [3.8, 4) is 0 Å². The zero-order valence-corrected chi connectivity index (χ0v) is 11.2. The molecule has 1 aliphatic rings. The Morgan fingerprint density at radius 2 is 2.16 bits per heavy atom. The highest BCUT2D eigenvalue weighted by atomic mass is 32.1. The molecule has 1 aliphatic heterocycles. The number of dihydropyridines is 1. The largest absolute Gasteiger partial charge is 0.478 e. The van der Waals surface area contributed by atoms with Gasteiger partial charge in [-0.2, -0.15) is 11.3 Å². The molecule has 0 saturated carbocycles. The number of carboxylic acids is 1. The summed E-state index contributed by atoms with van der Waals surface area (Å²) in [6, 6.07) is 1.72. The first-order chi connectivity index (χ1) is 8.93. The minimum atomic E-state index is -1.15. The summed E-state index contributed by atoms with van der Waals surface area (Å²) in [4.78, 5) is 22.1. The van der Waals surface area contributed by atoms with E-state index in [4.69, 9.17) is 0 Å². The van der Waals surface area contributed by atoms with Crippen LogP contribution in [0.3, 0.4) is 0 Å². The molecule has 1 aromatic rings. The van der Waals surface area contributed by atoms with E-state index < -0.39 is 16.8 Å². The average molecular weight is 280 g/mol. The van der Waals surface area contributed by atoms with Gasteiger partial charge in [0.15, 0.2) is 0 Å². The van der Waals surface area contributed by atoms with Crippen molar-refractivity contribution in [3.05, 3.63) is 55.2 Å². The molecule has 19 heavy (non-hydrogen) atoms. The fourth-order valence-corrected chi connectivity index (χ4v) is 2.96. The Bertz CT molecular complexity index is 565. The first-order valence-electron chi connectivity index (χ1n) is 5.51. The van der Waals surface area contributed by atoms with Crippen molar-refractivity contribution in [2.45, 2.75) is 19.8 Å². The Morgan fingerprint density at radius 1 is 1.47 bits per heavy atom. The number of carboxylic acid groups (broad SMARTS) is 1. The number of aliphatic carboxylic acids is 1. The van der Waals surface area contributed by atoms with Crippen LogP contribution in [0.25, 0.3) is 0 Å². The number of rotatable bonds is 3. The number of thiophene rings is 1. The van der Waals surface area contributed by atoms with E-state index in [1.807, 2.05) is 0 Å². The van der Waals surface area contributed by atoms with Crippen LogP contribution in [0.1, 0.15) is 25.3 Å². The Balaban J connectivity index is 2.65. The minimum absolute atomic E-state index is 0.0238. The third-order valence-electron chi connectivity index (χ3n) is 3.03. The zero-order chi connectivity index (χ0) is 14.2. The molecule has 100 valence electrons. The third-order valence-corrected chi connectivity index (χ3v) is 3.73. The molecule has 1 atom stereocenters. The molecule has 2 N–H and O–H groups in total. The van der Waals surface area contributed by atoms with Gasteiger partial charge in [0, 0.05) is 5.70 Å². The molecule has 0 saturated heterocycles. The number of hydrogen-bond donors (Lipinski definition) is 2. The normalized spacial score (nSPS) is 19.4. The lowest BCUT2D eigenvalue weighted by atomic mass is 9.85.